The van der Waals surface area contributed by atoms with E-state index in [1.807, 2.05) is 31.1 Å². The summed E-state index contributed by atoms with van der Waals surface area (Å²) >= 11 is 0. The summed E-state index contributed by atoms with van der Waals surface area (Å²) in [6, 6.07) is 12.3. The second-order valence-electron chi connectivity index (χ2n) is 5.65. The van der Waals surface area contributed by atoms with Crippen molar-refractivity contribution in [1.82, 2.24) is 4.57 Å². The van der Waals surface area contributed by atoms with Gasteiger partial charge in [-0.15, -0.1) is 0 Å². The Morgan fingerprint density at radius 3 is 2.50 bits per heavy atom. The Morgan fingerprint density at radius 1 is 1.17 bits per heavy atom. The molecule has 3 aromatic rings. The van der Waals surface area contributed by atoms with Crippen LogP contribution in [0.4, 0.5) is 5.69 Å². The maximum absolute atomic E-state index is 12.5. The van der Waals surface area contributed by atoms with Gasteiger partial charge in [-0.25, -0.2) is 4.79 Å². The van der Waals surface area contributed by atoms with Gasteiger partial charge in [-0.05, 0) is 36.4 Å². The van der Waals surface area contributed by atoms with Crippen molar-refractivity contribution in [3.8, 4) is 5.75 Å². The zero-order chi connectivity index (χ0) is 17.3. The van der Waals surface area contributed by atoms with Gasteiger partial charge in [-0.3, -0.25) is 9.36 Å². The Hall–Kier alpha value is -3.02. The molecule has 1 aromatic heterocycles. The van der Waals surface area contributed by atoms with E-state index in [0.717, 1.165) is 5.69 Å². The molecule has 2 aromatic carbocycles. The number of ketones is 1. The molecule has 0 aliphatic rings. The van der Waals surface area contributed by atoms with Crippen molar-refractivity contribution in [2.45, 2.75) is 6.54 Å². The number of nitrogens with zero attached hydrogens (tertiary/aromatic N) is 2. The lowest BCUT2D eigenvalue weighted by molar-refractivity contribution is 0.0970. The van der Waals surface area contributed by atoms with Crippen molar-refractivity contribution in [2.24, 2.45) is 0 Å². The van der Waals surface area contributed by atoms with Crippen LogP contribution in [0.1, 0.15) is 10.4 Å². The van der Waals surface area contributed by atoms with E-state index < -0.39 is 5.76 Å². The van der Waals surface area contributed by atoms with E-state index in [1.165, 1.54) is 4.57 Å². The molecule has 0 saturated heterocycles. The molecule has 0 aliphatic heterocycles. The molecule has 0 atom stereocenters. The predicted molar refractivity (Wildman–Crippen MR) is 92.1 cm³/mol. The van der Waals surface area contributed by atoms with Gasteiger partial charge in [-0.1, -0.05) is 0 Å². The van der Waals surface area contributed by atoms with Gasteiger partial charge in [0.1, 0.15) is 5.75 Å². The molecule has 24 heavy (non-hydrogen) atoms. The number of benzene rings is 2. The SMILES string of the molecule is COc1ccc2oc(=O)n(CC(=O)c3ccc(N(C)C)cc3)c2c1. The Labute approximate surface area is 138 Å². The first-order valence-corrected chi connectivity index (χ1v) is 7.47. The molecule has 3 rings (SSSR count). The number of aromatic nitrogens is 1. The Bertz CT molecular complexity index is 936. The molecule has 0 unspecified atom stereocenters. The van der Waals surface area contributed by atoms with Crippen molar-refractivity contribution in [3.63, 3.8) is 0 Å². The second kappa shape index (κ2) is 6.23. The van der Waals surface area contributed by atoms with Crippen LogP contribution >= 0.6 is 0 Å². The lowest BCUT2D eigenvalue weighted by Gasteiger charge is -2.12. The second-order valence-corrected chi connectivity index (χ2v) is 5.65. The molecule has 0 saturated carbocycles. The highest BCUT2D eigenvalue weighted by molar-refractivity contribution is 5.96. The Balaban J connectivity index is 1.92. The summed E-state index contributed by atoms with van der Waals surface area (Å²) in [5.74, 6) is -0.121. The third-order valence-corrected chi connectivity index (χ3v) is 3.88. The number of anilines is 1. The van der Waals surface area contributed by atoms with Crippen LogP contribution in [0.5, 0.6) is 5.75 Å². The first kappa shape index (κ1) is 15.9. The quantitative estimate of drug-likeness (QED) is 0.674. The molecule has 0 aliphatic carbocycles. The average molecular weight is 326 g/mol. The number of rotatable bonds is 5. The van der Waals surface area contributed by atoms with Gasteiger partial charge in [0.05, 0.1) is 19.2 Å². The van der Waals surface area contributed by atoms with Gasteiger partial charge in [-0.2, -0.15) is 0 Å². The van der Waals surface area contributed by atoms with E-state index in [2.05, 4.69) is 0 Å². The summed E-state index contributed by atoms with van der Waals surface area (Å²) in [6.45, 7) is -0.0830. The van der Waals surface area contributed by atoms with Crippen molar-refractivity contribution in [1.29, 1.82) is 0 Å². The molecule has 0 radical (unpaired) electrons. The van der Waals surface area contributed by atoms with Crippen molar-refractivity contribution in [3.05, 3.63) is 58.6 Å². The molecular formula is C18H18N2O4. The van der Waals surface area contributed by atoms with E-state index in [4.69, 9.17) is 9.15 Å². The monoisotopic (exact) mass is 326 g/mol. The minimum atomic E-state index is -0.559. The van der Waals surface area contributed by atoms with Gasteiger partial charge in [0, 0.05) is 31.4 Å². The van der Waals surface area contributed by atoms with Crippen molar-refractivity contribution < 1.29 is 13.9 Å². The average Bonchev–Trinajstić information content (AvgIpc) is 2.89. The lowest BCUT2D eigenvalue weighted by atomic mass is 10.1. The highest BCUT2D eigenvalue weighted by Gasteiger charge is 2.15. The van der Waals surface area contributed by atoms with Crippen LogP contribution in [-0.2, 0) is 6.54 Å². The maximum atomic E-state index is 12.5. The smallest absolute Gasteiger partial charge is 0.420 e. The predicted octanol–water partition coefficient (Wildman–Crippen LogP) is 2.55. The number of oxazole rings is 1. The number of Topliss-reactive ketones (excluding diaryl/α,β-unsaturated/α-hetero) is 1. The minimum Gasteiger partial charge on any atom is -0.497 e. The Kier molecular flexibility index (Phi) is 4.12. The third kappa shape index (κ3) is 2.90. The molecular weight excluding hydrogens is 308 g/mol. The number of fused-ring (bicyclic) bond motifs is 1. The molecule has 124 valence electrons. The molecule has 0 N–H and O–H groups in total. The molecule has 1 heterocycles. The number of carbonyl (C=O) groups is 1. The largest absolute Gasteiger partial charge is 0.497 e. The third-order valence-electron chi connectivity index (χ3n) is 3.88. The number of hydrogen-bond donors (Lipinski definition) is 0. The highest BCUT2D eigenvalue weighted by Crippen LogP contribution is 2.20. The van der Waals surface area contributed by atoms with Crippen LogP contribution in [0, 0.1) is 0 Å². The van der Waals surface area contributed by atoms with Gasteiger partial charge in [0.2, 0.25) is 0 Å². The number of hydrogen-bond acceptors (Lipinski definition) is 5. The van der Waals surface area contributed by atoms with Crippen molar-refractivity contribution >= 4 is 22.6 Å². The summed E-state index contributed by atoms with van der Waals surface area (Å²) < 4.78 is 11.7. The molecule has 0 amide bonds. The van der Waals surface area contributed by atoms with Crippen LogP contribution in [0.15, 0.2) is 51.7 Å². The first-order chi connectivity index (χ1) is 11.5. The minimum absolute atomic E-state index is 0.0830. The summed E-state index contributed by atoms with van der Waals surface area (Å²) in [7, 11) is 5.41. The Morgan fingerprint density at radius 2 is 1.88 bits per heavy atom. The zero-order valence-corrected chi connectivity index (χ0v) is 13.8. The van der Waals surface area contributed by atoms with Crippen LogP contribution in [-0.4, -0.2) is 31.6 Å². The molecule has 0 fully saturated rings. The zero-order valence-electron chi connectivity index (χ0n) is 13.8. The van der Waals surface area contributed by atoms with E-state index >= 15 is 0 Å². The summed E-state index contributed by atoms with van der Waals surface area (Å²) in [6.07, 6.45) is 0. The number of ether oxygens (including phenoxy) is 1. The topological polar surface area (TPSA) is 64.7 Å². The summed E-state index contributed by atoms with van der Waals surface area (Å²) in [5.41, 5.74) is 2.51. The first-order valence-electron chi connectivity index (χ1n) is 7.47. The normalized spacial score (nSPS) is 10.8. The van der Waals surface area contributed by atoms with Crippen LogP contribution in [0.3, 0.4) is 0 Å². The highest BCUT2D eigenvalue weighted by atomic mass is 16.5. The standard InChI is InChI=1S/C18H18N2O4/c1-19(2)13-6-4-12(5-7-13)16(21)11-20-15-10-14(23-3)8-9-17(15)24-18(20)22/h4-10H,11H2,1-3H3. The van der Waals surface area contributed by atoms with Crippen LogP contribution in [0.2, 0.25) is 0 Å². The van der Waals surface area contributed by atoms with E-state index in [9.17, 15) is 9.59 Å². The number of carbonyl (C=O) groups excluding carboxylic acids is 1. The molecule has 6 nitrogen and oxygen atoms in total. The fourth-order valence-electron chi connectivity index (χ4n) is 2.50. The van der Waals surface area contributed by atoms with Gasteiger partial charge < -0.3 is 14.1 Å². The fraction of sp³-hybridized carbons (Fsp3) is 0.222. The van der Waals surface area contributed by atoms with Gasteiger partial charge in [0.25, 0.3) is 0 Å². The fourth-order valence-corrected chi connectivity index (χ4v) is 2.50. The van der Waals surface area contributed by atoms with Gasteiger partial charge in [0.15, 0.2) is 11.4 Å². The maximum Gasteiger partial charge on any atom is 0.420 e. The van der Waals surface area contributed by atoms with E-state index in [0.29, 0.717) is 22.4 Å². The van der Waals surface area contributed by atoms with Gasteiger partial charge >= 0.3 is 5.76 Å². The van der Waals surface area contributed by atoms with E-state index in [-0.39, 0.29) is 12.3 Å². The lowest BCUT2D eigenvalue weighted by Crippen LogP contribution is -2.20. The number of methoxy groups -OCH3 is 1. The molecule has 0 spiro atoms. The van der Waals surface area contributed by atoms with Crippen LogP contribution < -0.4 is 15.4 Å². The molecule has 6 heteroatoms. The summed E-state index contributed by atoms with van der Waals surface area (Å²) in [4.78, 5) is 26.5. The van der Waals surface area contributed by atoms with Crippen LogP contribution in [0.25, 0.3) is 11.1 Å². The summed E-state index contributed by atoms with van der Waals surface area (Å²) in [5, 5.41) is 0. The van der Waals surface area contributed by atoms with E-state index in [1.54, 1.807) is 37.4 Å². The molecule has 0 bridgehead atoms. The van der Waals surface area contributed by atoms with Crippen molar-refractivity contribution in [2.75, 3.05) is 26.1 Å².